The van der Waals surface area contributed by atoms with Gasteiger partial charge in [-0.1, -0.05) is 36.4 Å². The maximum atomic E-state index is 12.8. The van der Waals surface area contributed by atoms with Gasteiger partial charge in [0.25, 0.3) is 5.91 Å². The number of nitrogens with one attached hydrogen (secondary N) is 3. The molecule has 1 aliphatic heterocycles. The van der Waals surface area contributed by atoms with Crippen molar-refractivity contribution < 1.29 is 13.2 Å². The first-order valence-electron chi connectivity index (χ1n) is 11.6. The number of rotatable bonds is 6. The van der Waals surface area contributed by atoms with Gasteiger partial charge in [-0.05, 0) is 23.1 Å². The lowest BCUT2D eigenvalue weighted by atomic mass is 10.1. The smallest absolute Gasteiger partial charge is 0.276 e. The van der Waals surface area contributed by atoms with Crippen LogP contribution in [0, 0.1) is 0 Å². The molecule has 0 atom stereocenters. The molecule has 37 heavy (non-hydrogen) atoms. The maximum Gasteiger partial charge on any atom is 0.276 e. The molecule has 5 aromatic rings. The van der Waals surface area contributed by atoms with Gasteiger partial charge in [0.2, 0.25) is 16.0 Å². The third-order valence-corrected chi connectivity index (χ3v) is 8.58. The van der Waals surface area contributed by atoms with Crippen molar-refractivity contribution >= 4 is 60.2 Å². The number of nitrogens with zero attached hydrogens (tertiary/aromatic N) is 4. The zero-order valence-corrected chi connectivity index (χ0v) is 21.5. The van der Waals surface area contributed by atoms with Gasteiger partial charge >= 0.3 is 0 Å². The number of aromatic amines is 1. The summed E-state index contributed by atoms with van der Waals surface area (Å²) in [6, 6.07) is 15.3. The van der Waals surface area contributed by atoms with Crippen molar-refractivity contribution in [3.8, 4) is 0 Å². The Kier molecular flexibility index (Phi) is 5.86. The first-order chi connectivity index (χ1) is 17.8. The van der Waals surface area contributed by atoms with Crippen LogP contribution in [0.3, 0.4) is 0 Å². The molecule has 1 aliphatic rings. The number of para-hydroxylation sites is 1. The van der Waals surface area contributed by atoms with Crippen LogP contribution in [0.25, 0.3) is 21.8 Å². The van der Waals surface area contributed by atoms with Gasteiger partial charge in [0.1, 0.15) is 5.69 Å². The Balaban J connectivity index is 1.17. The molecule has 0 saturated heterocycles. The Morgan fingerprint density at radius 3 is 2.81 bits per heavy atom. The van der Waals surface area contributed by atoms with E-state index in [1.807, 2.05) is 42.5 Å². The van der Waals surface area contributed by atoms with Crippen LogP contribution in [0.1, 0.15) is 26.6 Å². The van der Waals surface area contributed by atoms with Crippen LogP contribution in [0.4, 0.5) is 11.1 Å². The quantitative estimate of drug-likeness (QED) is 0.303. The minimum absolute atomic E-state index is 0.309. The number of aromatic nitrogens is 4. The molecule has 6 rings (SSSR count). The highest BCUT2D eigenvalue weighted by atomic mass is 32.2. The summed E-state index contributed by atoms with van der Waals surface area (Å²) in [4.78, 5) is 30.5. The number of carbonyl (C=O) groups is 1. The lowest BCUT2D eigenvalue weighted by Gasteiger charge is -2.23. The van der Waals surface area contributed by atoms with Crippen LogP contribution in [0.2, 0.25) is 0 Å². The number of H-pyrrole nitrogens is 1. The third kappa shape index (κ3) is 4.78. The number of sulfonamides is 1. The zero-order valence-electron chi connectivity index (χ0n) is 19.9. The average Bonchev–Trinajstić information content (AvgIpc) is 3.49. The predicted molar refractivity (Wildman–Crippen MR) is 144 cm³/mol. The summed E-state index contributed by atoms with van der Waals surface area (Å²) in [6.45, 7) is 1.28. The second kappa shape index (κ2) is 9.21. The Hall–Kier alpha value is -3.87. The molecular formula is C25H23N7O3S2. The van der Waals surface area contributed by atoms with Gasteiger partial charge in [-0.15, -0.1) is 11.3 Å². The Morgan fingerprint density at radius 1 is 1.14 bits per heavy atom. The van der Waals surface area contributed by atoms with E-state index in [1.165, 1.54) is 21.9 Å². The molecule has 0 unspecified atom stereocenters. The number of benzene rings is 2. The van der Waals surface area contributed by atoms with Crippen molar-refractivity contribution in [3.63, 3.8) is 0 Å². The minimum Gasteiger partial charge on any atom is -0.357 e. The molecule has 3 N–H and O–H groups in total. The molecule has 2 aromatic carbocycles. The lowest BCUT2D eigenvalue weighted by molar-refractivity contribution is 0.102. The molecule has 0 spiro atoms. The van der Waals surface area contributed by atoms with Gasteiger partial charge in [-0.25, -0.2) is 18.4 Å². The second-order valence-electron chi connectivity index (χ2n) is 8.86. The topological polar surface area (TPSA) is 133 Å². The van der Waals surface area contributed by atoms with Crippen molar-refractivity contribution in [1.82, 2.24) is 24.2 Å². The molecule has 3 aromatic heterocycles. The lowest BCUT2D eigenvalue weighted by Crippen LogP contribution is -2.34. The zero-order chi connectivity index (χ0) is 25.6. The van der Waals surface area contributed by atoms with Gasteiger partial charge in [0.15, 0.2) is 5.13 Å². The number of carbonyl (C=O) groups excluding carboxylic acids is 1. The number of amides is 1. The van der Waals surface area contributed by atoms with Gasteiger partial charge in [0, 0.05) is 42.5 Å². The van der Waals surface area contributed by atoms with E-state index < -0.39 is 10.0 Å². The van der Waals surface area contributed by atoms with Gasteiger partial charge in [0.05, 0.1) is 23.0 Å². The number of thiazole rings is 1. The standard InChI is InChI=1S/C25H23N7O3S2/c1-37(34,35)32-10-9-18-21(14-32)36-25(29-18)27-13-17-7-4-8-19-22(17)30-24(28-19)31-23(33)20-11-15-5-2-3-6-16(15)12-26-20/h2-8,11-12H,9-10,13-14H2,1H3,(H,27,29)(H2,28,30,31,33). The fourth-order valence-corrected chi connectivity index (χ4v) is 6.26. The third-order valence-electron chi connectivity index (χ3n) is 6.29. The van der Waals surface area contributed by atoms with E-state index in [0.717, 1.165) is 43.1 Å². The van der Waals surface area contributed by atoms with Gasteiger partial charge < -0.3 is 10.3 Å². The number of anilines is 2. The first-order valence-corrected chi connectivity index (χ1v) is 14.3. The first kappa shape index (κ1) is 23.5. The van der Waals surface area contributed by atoms with E-state index in [4.69, 9.17) is 0 Å². The number of pyridine rings is 1. The maximum absolute atomic E-state index is 12.8. The molecule has 10 nitrogen and oxygen atoms in total. The molecule has 0 saturated carbocycles. The van der Waals surface area contributed by atoms with Crippen molar-refractivity contribution in [2.45, 2.75) is 19.5 Å². The van der Waals surface area contributed by atoms with Crippen molar-refractivity contribution in [1.29, 1.82) is 0 Å². The highest BCUT2D eigenvalue weighted by Gasteiger charge is 2.26. The molecule has 12 heteroatoms. The second-order valence-corrected chi connectivity index (χ2v) is 11.9. The number of fused-ring (bicyclic) bond motifs is 3. The highest BCUT2D eigenvalue weighted by Crippen LogP contribution is 2.30. The molecule has 188 valence electrons. The summed E-state index contributed by atoms with van der Waals surface area (Å²) >= 11 is 1.47. The highest BCUT2D eigenvalue weighted by molar-refractivity contribution is 7.88. The molecule has 4 heterocycles. The summed E-state index contributed by atoms with van der Waals surface area (Å²) in [5.74, 6) is -0.00558. The van der Waals surface area contributed by atoms with E-state index >= 15 is 0 Å². The number of hydrogen-bond acceptors (Lipinski definition) is 8. The van der Waals surface area contributed by atoms with Gasteiger partial charge in [-0.3, -0.25) is 15.1 Å². The van der Waals surface area contributed by atoms with E-state index in [2.05, 4.69) is 30.6 Å². The molecule has 1 amide bonds. The summed E-state index contributed by atoms with van der Waals surface area (Å²) in [6.07, 6.45) is 3.52. The molecule has 0 aliphatic carbocycles. The van der Waals surface area contributed by atoms with Gasteiger partial charge in [-0.2, -0.15) is 4.31 Å². The monoisotopic (exact) mass is 533 g/mol. The van der Waals surface area contributed by atoms with E-state index in [-0.39, 0.29) is 5.91 Å². The van der Waals surface area contributed by atoms with Crippen LogP contribution in [0.15, 0.2) is 54.7 Å². The minimum atomic E-state index is -3.23. The van der Waals surface area contributed by atoms with Crippen LogP contribution < -0.4 is 10.6 Å². The molecule has 0 radical (unpaired) electrons. The summed E-state index contributed by atoms with van der Waals surface area (Å²) in [5, 5.41) is 8.80. The largest absolute Gasteiger partial charge is 0.357 e. The number of imidazole rings is 1. The van der Waals surface area contributed by atoms with Crippen LogP contribution >= 0.6 is 11.3 Å². The SMILES string of the molecule is CS(=O)(=O)N1CCc2nc(NCc3cccc4[nH]c(NC(=O)c5cc6ccccc6cn5)nc34)sc2C1. The van der Waals surface area contributed by atoms with Crippen molar-refractivity contribution in [2.24, 2.45) is 0 Å². The van der Waals surface area contributed by atoms with Crippen molar-refractivity contribution in [2.75, 3.05) is 23.4 Å². The Labute approximate surface area is 216 Å². The fourth-order valence-electron chi connectivity index (χ4n) is 4.37. The fraction of sp³-hybridized carbons (Fsp3) is 0.200. The average molecular weight is 534 g/mol. The molecule has 0 fully saturated rings. The normalized spacial score (nSPS) is 14.1. The number of hydrogen-bond donors (Lipinski definition) is 3. The summed E-state index contributed by atoms with van der Waals surface area (Å²) in [5.41, 5.74) is 3.72. The van der Waals surface area contributed by atoms with E-state index in [1.54, 1.807) is 12.3 Å². The van der Waals surface area contributed by atoms with Crippen LogP contribution in [-0.2, 0) is 29.5 Å². The predicted octanol–water partition coefficient (Wildman–Crippen LogP) is 3.75. The summed E-state index contributed by atoms with van der Waals surface area (Å²) < 4.78 is 25.3. The van der Waals surface area contributed by atoms with Crippen molar-refractivity contribution in [3.05, 3.63) is 76.6 Å². The van der Waals surface area contributed by atoms with Crippen LogP contribution in [-0.4, -0.2) is 51.4 Å². The van der Waals surface area contributed by atoms with Crippen LogP contribution in [0.5, 0.6) is 0 Å². The molecular weight excluding hydrogens is 510 g/mol. The summed E-state index contributed by atoms with van der Waals surface area (Å²) in [7, 11) is -3.23. The Bertz CT molecular complexity index is 1760. The molecule has 0 bridgehead atoms. The van der Waals surface area contributed by atoms with E-state index in [9.17, 15) is 13.2 Å². The van der Waals surface area contributed by atoms with E-state index in [0.29, 0.717) is 37.7 Å². The Morgan fingerprint density at radius 2 is 1.97 bits per heavy atom.